The molecule has 0 fully saturated rings. The van der Waals surface area contributed by atoms with Crippen molar-refractivity contribution in [3.63, 3.8) is 0 Å². The average Bonchev–Trinajstić information content (AvgIpc) is 1.86. The molecular formula is C8H9O2SW-. The Labute approximate surface area is 87.2 Å². The number of hydrogen-bond acceptors (Lipinski definition) is 2. The smallest absolute Gasteiger partial charge is 0.152 e. The summed E-state index contributed by atoms with van der Waals surface area (Å²) in [5, 5.41) is 0. The first-order chi connectivity index (χ1) is 5.00. The monoisotopic (exact) mass is 353 g/mol. The number of hydrogen-bond donors (Lipinski definition) is 0. The van der Waals surface area contributed by atoms with Crippen molar-refractivity contribution in [1.29, 1.82) is 0 Å². The van der Waals surface area contributed by atoms with Crippen molar-refractivity contribution in [2.45, 2.75) is 11.8 Å². The van der Waals surface area contributed by atoms with Crippen LogP contribution in [-0.4, -0.2) is 14.7 Å². The molecule has 2 nitrogen and oxygen atoms in total. The summed E-state index contributed by atoms with van der Waals surface area (Å²) in [4.78, 5) is 0.253. The summed E-state index contributed by atoms with van der Waals surface area (Å²) in [5.41, 5.74) is 1.01. The van der Waals surface area contributed by atoms with Crippen molar-refractivity contribution >= 4 is 9.84 Å². The minimum absolute atomic E-state index is 0. The van der Waals surface area contributed by atoms with Crippen LogP contribution in [0.1, 0.15) is 5.56 Å². The number of benzene rings is 1. The summed E-state index contributed by atoms with van der Waals surface area (Å²) < 4.78 is 21.8. The van der Waals surface area contributed by atoms with Crippen LogP contribution in [0.25, 0.3) is 0 Å². The number of aryl methyl sites for hydroxylation is 1. The van der Waals surface area contributed by atoms with Gasteiger partial charge in [-0.3, -0.25) is 0 Å². The summed E-state index contributed by atoms with van der Waals surface area (Å²) in [6, 6.07) is 7.67. The van der Waals surface area contributed by atoms with Gasteiger partial charge in [0.15, 0.2) is 9.84 Å². The van der Waals surface area contributed by atoms with E-state index in [0.29, 0.717) is 0 Å². The Hall–Kier alpha value is -0.142. The standard InChI is InChI=1S/C8H9O2S.W/c1-7-3-5-8(6-4-7)11(2,9)10;/h3-5H,1-2H3;/q-1;. The van der Waals surface area contributed by atoms with Gasteiger partial charge in [-0.05, 0) is 4.90 Å². The van der Waals surface area contributed by atoms with E-state index in [1.807, 2.05) is 6.92 Å². The number of sulfone groups is 1. The van der Waals surface area contributed by atoms with E-state index in [4.69, 9.17) is 0 Å². The van der Waals surface area contributed by atoms with Crippen LogP contribution < -0.4 is 0 Å². The SMILES string of the molecule is Cc1c[c-]c(S(C)(=O)=O)cc1.[W]. The van der Waals surface area contributed by atoms with E-state index in [1.165, 1.54) is 6.26 Å². The third-order valence-electron chi connectivity index (χ3n) is 1.34. The van der Waals surface area contributed by atoms with Crippen LogP contribution >= 0.6 is 0 Å². The molecule has 4 heteroatoms. The zero-order valence-corrected chi connectivity index (χ0v) is 10.6. The second kappa shape index (κ2) is 4.20. The molecule has 0 bridgehead atoms. The van der Waals surface area contributed by atoms with Gasteiger partial charge in [0.1, 0.15) is 0 Å². The van der Waals surface area contributed by atoms with Gasteiger partial charge in [0.05, 0.1) is 0 Å². The van der Waals surface area contributed by atoms with Crippen LogP contribution in [0.15, 0.2) is 23.1 Å². The minimum Gasteiger partial charge on any atom is -0.226 e. The zero-order valence-electron chi connectivity index (χ0n) is 6.87. The molecule has 0 aliphatic carbocycles. The van der Waals surface area contributed by atoms with Crippen LogP contribution in [0.3, 0.4) is 0 Å². The zero-order chi connectivity index (χ0) is 8.48. The van der Waals surface area contributed by atoms with Gasteiger partial charge < -0.3 is 0 Å². The van der Waals surface area contributed by atoms with Gasteiger partial charge in [0.25, 0.3) is 0 Å². The molecule has 0 unspecified atom stereocenters. The van der Waals surface area contributed by atoms with E-state index in [9.17, 15) is 8.42 Å². The summed E-state index contributed by atoms with van der Waals surface area (Å²) in [5.74, 6) is 0. The molecule has 0 aliphatic heterocycles. The van der Waals surface area contributed by atoms with E-state index in [-0.39, 0.29) is 26.0 Å². The first kappa shape index (κ1) is 11.9. The van der Waals surface area contributed by atoms with E-state index in [1.54, 1.807) is 18.2 Å². The van der Waals surface area contributed by atoms with Gasteiger partial charge in [-0.15, -0.1) is 0 Å². The second-order valence-corrected chi connectivity index (χ2v) is 4.49. The molecule has 0 saturated carbocycles. The maximum absolute atomic E-state index is 10.9. The molecule has 12 heavy (non-hydrogen) atoms. The van der Waals surface area contributed by atoms with Crippen LogP contribution in [0, 0.1) is 13.0 Å². The first-order valence-corrected chi connectivity index (χ1v) is 5.08. The van der Waals surface area contributed by atoms with Gasteiger partial charge in [-0.1, -0.05) is 6.92 Å². The maximum atomic E-state index is 10.9. The fourth-order valence-electron chi connectivity index (χ4n) is 0.719. The van der Waals surface area contributed by atoms with Gasteiger partial charge in [0.2, 0.25) is 0 Å². The molecule has 1 rings (SSSR count). The third kappa shape index (κ3) is 3.08. The molecule has 0 aromatic heterocycles. The Bertz CT molecular complexity index is 340. The molecule has 0 radical (unpaired) electrons. The van der Waals surface area contributed by atoms with Gasteiger partial charge in [0, 0.05) is 27.3 Å². The van der Waals surface area contributed by atoms with Crippen LogP contribution in [0.4, 0.5) is 0 Å². The van der Waals surface area contributed by atoms with Gasteiger partial charge in [-0.2, -0.15) is 29.8 Å². The van der Waals surface area contributed by atoms with Crippen molar-refractivity contribution in [3.8, 4) is 0 Å². The minimum atomic E-state index is -3.08. The van der Waals surface area contributed by atoms with Crippen LogP contribution in [-0.2, 0) is 30.9 Å². The van der Waals surface area contributed by atoms with E-state index >= 15 is 0 Å². The molecule has 0 aliphatic rings. The predicted octanol–water partition coefficient (Wildman–Crippen LogP) is 1.20. The topological polar surface area (TPSA) is 34.1 Å². The maximum Gasteiger partial charge on any atom is 0.152 e. The van der Waals surface area contributed by atoms with Crippen molar-refractivity contribution in [2.75, 3.05) is 6.26 Å². The number of rotatable bonds is 1. The van der Waals surface area contributed by atoms with Gasteiger partial charge >= 0.3 is 0 Å². The molecule has 0 saturated heterocycles. The van der Waals surface area contributed by atoms with E-state index < -0.39 is 9.84 Å². The molecule has 1 aromatic rings. The Morgan fingerprint density at radius 3 is 2.25 bits per heavy atom. The van der Waals surface area contributed by atoms with E-state index in [2.05, 4.69) is 6.07 Å². The summed E-state index contributed by atoms with van der Waals surface area (Å²) in [6.07, 6.45) is 1.17. The molecular weight excluding hydrogens is 344 g/mol. The second-order valence-electron chi connectivity index (χ2n) is 2.50. The van der Waals surface area contributed by atoms with Crippen LogP contribution in [0.5, 0.6) is 0 Å². The Kier molecular flexibility index (Phi) is 4.15. The fraction of sp³-hybridized carbons (Fsp3) is 0.250. The molecule has 0 amide bonds. The molecule has 0 N–H and O–H groups in total. The summed E-state index contributed by atoms with van der Waals surface area (Å²) in [6.45, 7) is 1.89. The van der Waals surface area contributed by atoms with E-state index in [0.717, 1.165) is 5.56 Å². The largest absolute Gasteiger partial charge is 0.226 e. The summed E-state index contributed by atoms with van der Waals surface area (Å²) in [7, 11) is -3.08. The Balaban J connectivity index is 0.00000121. The Morgan fingerprint density at radius 1 is 1.33 bits per heavy atom. The molecule has 0 heterocycles. The van der Waals surface area contributed by atoms with Crippen molar-refractivity contribution in [1.82, 2.24) is 0 Å². The van der Waals surface area contributed by atoms with Crippen molar-refractivity contribution in [3.05, 3.63) is 29.8 Å². The van der Waals surface area contributed by atoms with Crippen LogP contribution in [0.2, 0.25) is 0 Å². The third-order valence-corrected chi connectivity index (χ3v) is 2.39. The molecule has 66 valence electrons. The quantitative estimate of drug-likeness (QED) is 0.711. The molecule has 0 atom stereocenters. The summed E-state index contributed by atoms with van der Waals surface area (Å²) >= 11 is 0. The molecule has 1 aromatic carbocycles. The molecule has 0 spiro atoms. The normalized spacial score (nSPS) is 10.5. The van der Waals surface area contributed by atoms with Gasteiger partial charge in [-0.25, -0.2) is 8.42 Å². The average molecular weight is 353 g/mol. The van der Waals surface area contributed by atoms with Crippen molar-refractivity contribution in [2.24, 2.45) is 0 Å². The first-order valence-electron chi connectivity index (χ1n) is 3.18. The van der Waals surface area contributed by atoms with Crippen molar-refractivity contribution < 1.29 is 29.5 Å². The predicted molar refractivity (Wildman–Crippen MR) is 43.1 cm³/mol. The Morgan fingerprint density at radius 2 is 1.92 bits per heavy atom. The fourth-order valence-corrected chi connectivity index (χ4v) is 1.31.